The Bertz CT molecular complexity index is 1130. The Kier molecular flexibility index (Phi) is 5.10. The van der Waals surface area contributed by atoms with Crippen LogP contribution >= 0.6 is 0 Å². The van der Waals surface area contributed by atoms with Crippen molar-refractivity contribution >= 4 is 11.8 Å². The number of aromatic amines is 1. The van der Waals surface area contributed by atoms with E-state index in [1.807, 2.05) is 6.07 Å². The van der Waals surface area contributed by atoms with Gasteiger partial charge in [0, 0.05) is 29.0 Å². The molecule has 1 saturated carbocycles. The molecule has 5 heteroatoms. The first kappa shape index (κ1) is 19.6. The summed E-state index contributed by atoms with van der Waals surface area (Å²) in [5.74, 6) is 1.29. The summed E-state index contributed by atoms with van der Waals surface area (Å²) in [7, 11) is 3.32. The first-order valence-electron chi connectivity index (χ1n) is 10.8. The molecule has 5 nitrogen and oxygen atoms in total. The van der Waals surface area contributed by atoms with Crippen molar-refractivity contribution in [2.24, 2.45) is 11.1 Å². The standard InChI is InChI=1S/C26H27N3O2/c1-30-21-13-7-12-20(16-21)26(19-10-4-3-5-11-19)15-14-22-23(17-26)27-28-25(22)24(29-31-2)18-8-6-9-18/h3-5,7,10-16,18H,6,8-9,17H2,1-2H3,(H,27,28)/b29-24+. The van der Waals surface area contributed by atoms with E-state index in [1.165, 1.54) is 17.5 Å². The number of hydrogen-bond donors (Lipinski definition) is 1. The van der Waals surface area contributed by atoms with E-state index in [4.69, 9.17) is 14.7 Å². The number of benzene rings is 2. The van der Waals surface area contributed by atoms with E-state index in [0.717, 1.165) is 47.7 Å². The highest BCUT2D eigenvalue weighted by molar-refractivity contribution is 6.04. The van der Waals surface area contributed by atoms with Crippen molar-refractivity contribution in [3.63, 3.8) is 0 Å². The molecule has 1 N–H and O–H groups in total. The fraction of sp³-hybridized carbons (Fsp3) is 0.308. The summed E-state index contributed by atoms with van der Waals surface area (Å²) in [4.78, 5) is 5.18. The Balaban J connectivity index is 1.61. The summed E-state index contributed by atoms with van der Waals surface area (Å²) in [5.41, 5.74) is 6.26. The van der Waals surface area contributed by atoms with Gasteiger partial charge in [0.15, 0.2) is 0 Å². The summed E-state index contributed by atoms with van der Waals surface area (Å²) in [6.45, 7) is 0. The fourth-order valence-electron chi connectivity index (χ4n) is 4.75. The van der Waals surface area contributed by atoms with Crippen LogP contribution in [0.5, 0.6) is 5.75 Å². The van der Waals surface area contributed by atoms with Gasteiger partial charge in [-0.05, 0) is 36.1 Å². The number of H-pyrrole nitrogens is 1. The zero-order valence-electron chi connectivity index (χ0n) is 18.0. The number of methoxy groups -OCH3 is 1. The molecule has 1 fully saturated rings. The van der Waals surface area contributed by atoms with Crippen molar-refractivity contribution in [2.75, 3.05) is 14.2 Å². The van der Waals surface area contributed by atoms with Gasteiger partial charge in [0.05, 0.1) is 7.11 Å². The molecule has 2 aromatic carbocycles. The van der Waals surface area contributed by atoms with Gasteiger partial charge in [-0.15, -0.1) is 0 Å². The monoisotopic (exact) mass is 413 g/mol. The van der Waals surface area contributed by atoms with Crippen LogP contribution in [0.15, 0.2) is 65.8 Å². The number of hydrogen-bond acceptors (Lipinski definition) is 4. The minimum atomic E-state index is -0.304. The van der Waals surface area contributed by atoms with Crippen LogP contribution in [0.2, 0.25) is 0 Å². The third-order valence-corrected chi connectivity index (χ3v) is 6.67. The number of rotatable bonds is 6. The summed E-state index contributed by atoms with van der Waals surface area (Å²) in [6, 6.07) is 19.0. The maximum Gasteiger partial charge on any atom is 0.119 e. The SMILES string of the molecule is CO/N=C(/c1n[nH]c2c1C=CC(c1ccccc1)(c1cccc(OC)c1)C2)C1CCC1. The van der Waals surface area contributed by atoms with E-state index in [1.54, 1.807) is 14.2 Å². The van der Waals surface area contributed by atoms with Crippen molar-refractivity contribution in [2.45, 2.75) is 31.1 Å². The quantitative estimate of drug-likeness (QED) is 0.450. The highest BCUT2D eigenvalue weighted by atomic mass is 16.6. The third kappa shape index (κ3) is 3.34. The van der Waals surface area contributed by atoms with Crippen molar-refractivity contribution in [3.05, 3.63) is 88.8 Å². The highest BCUT2D eigenvalue weighted by Gasteiger charge is 2.38. The lowest BCUT2D eigenvalue weighted by Crippen LogP contribution is -2.31. The Morgan fingerprint density at radius 1 is 1.06 bits per heavy atom. The van der Waals surface area contributed by atoms with Gasteiger partial charge in [0.1, 0.15) is 24.3 Å². The Labute approximate surface area is 182 Å². The van der Waals surface area contributed by atoms with Gasteiger partial charge in [-0.2, -0.15) is 5.10 Å². The van der Waals surface area contributed by atoms with E-state index in [0.29, 0.717) is 5.92 Å². The van der Waals surface area contributed by atoms with Gasteiger partial charge >= 0.3 is 0 Å². The number of ether oxygens (including phenoxy) is 1. The molecular formula is C26H27N3O2. The Morgan fingerprint density at radius 2 is 1.87 bits per heavy atom. The van der Waals surface area contributed by atoms with Gasteiger partial charge in [0.25, 0.3) is 0 Å². The van der Waals surface area contributed by atoms with E-state index < -0.39 is 0 Å². The molecule has 2 aliphatic carbocycles. The Morgan fingerprint density at radius 3 is 2.58 bits per heavy atom. The van der Waals surface area contributed by atoms with Crippen molar-refractivity contribution in [1.82, 2.24) is 10.2 Å². The minimum absolute atomic E-state index is 0.304. The van der Waals surface area contributed by atoms with Crippen LogP contribution in [-0.2, 0) is 16.7 Å². The van der Waals surface area contributed by atoms with Crippen LogP contribution in [0.4, 0.5) is 0 Å². The predicted molar refractivity (Wildman–Crippen MR) is 122 cm³/mol. The fourth-order valence-corrected chi connectivity index (χ4v) is 4.75. The van der Waals surface area contributed by atoms with Gasteiger partial charge in [-0.25, -0.2) is 0 Å². The minimum Gasteiger partial charge on any atom is -0.497 e. The van der Waals surface area contributed by atoms with Gasteiger partial charge in [-0.1, -0.05) is 66.2 Å². The van der Waals surface area contributed by atoms with Crippen LogP contribution in [0.25, 0.3) is 6.08 Å². The Hall–Kier alpha value is -3.34. The first-order chi connectivity index (χ1) is 15.2. The smallest absolute Gasteiger partial charge is 0.119 e. The predicted octanol–water partition coefficient (Wildman–Crippen LogP) is 5.12. The second-order valence-electron chi connectivity index (χ2n) is 8.33. The zero-order chi connectivity index (χ0) is 21.3. The van der Waals surface area contributed by atoms with Crippen molar-refractivity contribution < 1.29 is 9.57 Å². The molecule has 0 amide bonds. The molecule has 3 aromatic rings. The second-order valence-corrected chi connectivity index (χ2v) is 8.33. The number of aromatic nitrogens is 2. The molecular weight excluding hydrogens is 386 g/mol. The van der Waals surface area contributed by atoms with Crippen LogP contribution in [0.1, 0.15) is 47.3 Å². The molecule has 2 aliphatic rings. The van der Waals surface area contributed by atoms with E-state index in [9.17, 15) is 0 Å². The van der Waals surface area contributed by atoms with Crippen molar-refractivity contribution in [3.8, 4) is 5.75 Å². The molecule has 1 heterocycles. The van der Waals surface area contributed by atoms with E-state index in [2.05, 4.69) is 70.9 Å². The van der Waals surface area contributed by atoms with Crippen LogP contribution < -0.4 is 4.74 Å². The van der Waals surface area contributed by atoms with Gasteiger partial charge in [-0.3, -0.25) is 5.10 Å². The van der Waals surface area contributed by atoms with Crippen LogP contribution in [0.3, 0.4) is 0 Å². The lowest BCUT2D eigenvalue weighted by atomic mass is 9.68. The molecule has 5 rings (SSSR count). The maximum atomic E-state index is 5.53. The van der Waals surface area contributed by atoms with E-state index in [-0.39, 0.29) is 5.41 Å². The number of allylic oxidation sites excluding steroid dienone is 1. The number of nitrogens with one attached hydrogen (secondary N) is 1. The molecule has 0 spiro atoms. The molecule has 0 radical (unpaired) electrons. The van der Waals surface area contributed by atoms with Gasteiger partial charge in [0.2, 0.25) is 0 Å². The normalized spacial score (nSPS) is 20.8. The average molecular weight is 414 g/mol. The summed E-state index contributed by atoms with van der Waals surface area (Å²) in [5, 5.41) is 12.4. The summed E-state index contributed by atoms with van der Waals surface area (Å²) >= 11 is 0. The number of fused-ring (bicyclic) bond motifs is 1. The van der Waals surface area contributed by atoms with Gasteiger partial charge < -0.3 is 9.57 Å². The van der Waals surface area contributed by atoms with Crippen LogP contribution in [-0.4, -0.2) is 30.1 Å². The molecule has 158 valence electrons. The summed E-state index contributed by atoms with van der Waals surface area (Å²) in [6.07, 6.45) is 8.82. The molecule has 31 heavy (non-hydrogen) atoms. The maximum absolute atomic E-state index is 5.53. The second kappa shape index (κ2) is 8.06. The van der Waals surface area contributed by atoms with Crippen LogP contribution in [0, 0.1) is 5.92 Å². The molecule has 1 atom stereocenters. The molecule has 0 bridgehead atoms. The summed E-state index contributed by atoms with van der Waals surface area (Å²) < 4.78 is 5.53. The first-order valence-corrected chi connectivity index (χ1v) is 10.8. The molecule has 0 saturated heterocycles. The zero-order valence-corrected chi connectivity index (χ0v) is 18.0. The molecule has 1 aromatic heterocycles. The lowest BCUT2D eigenvalue weighted by Gasteiger charge is -2.35. The third-order valence-electron chi connectivity index (χ3n) is 6.67. The topological polar surface area (TPSA) is 59.5 Å². The number of nitrogens with zero attached hydrogens (tertiary/aromatic N) is 2. The number of oxime groups is 1. The van der Waals surface area contributed by atoms with E-state index >= 15 is 0 Å². The van der Waals surface area contributed by atoms with Crippen molar-refractivity contribution in [1.29, 1.82) is 0 Å². The highest BCUT2D eigenvalue weighted by Crippen LogP contribution is 2.43. The molecule has 1 unspecified atom stereocenters. The largest absolute Gasteiger partial charge is 0.497 e. The molecule has 0 aliphatic heterocycles. The lowest BCUT2D eigenvalue weighted by molar-refractivity contribution is 0.208. The average Bonchev–Trinajstić information content (AvgIpc) is 3.21.